The van der Waals surface area contributed by atoms with Crippen molar-refractivity contribution in [2.75, 3.05) is 18.5 Å². The third-order valence-electron chi connectivity index (χ3n) is 5.90. The van der Waals surface area contributed by atoms with Crippen LogP contribution in [0.5, 0.6) is 0 Å². The number of amides is 2. The Labute approximate surface area is 131 Å². The van der Waals surface area contributed by atoms with Crippen molar-refractivity contribution < 1.29 is 9.59 Å². The van der Waals surface area contributed by atoms with Crippen molar-refractivity contribution >= 4 is 17.5 Å². The van der Waals surface area contributed by atoms with Gasteiger partial charge in [0.25, 0.3) is 0 Å². The van der Waals surface area contributed by atoms with E-state index in [1.54, 1.807) is 0 Å². The summed E-state index contributed by atoms with van der Waals surface area (Å²) < 4.78 is 0. The SMILES string of the molecule is CN1C(=O)C(C(=O)N2CCc3ccccc32)C12CCCCC2. The fourth-order valence-corrected chi connectivity index (χ4v) is 4.62. The van der Waals surface area contributed by atoms with Gasteiger partial charge in [0.1, 0.15) is 5.92 Å². The van der Waals surface area contributed by atoms with Crippen LogP contribution in [0.15, 0.2) is 24.3 Å². The number of carbonyl (C=O) groups is 2. The molecule has 0 aromatic heterocycles. The first-order valence-electron chi connectivity index (χ1n) is 8.32. The summed E-state index contributed by atoms with van der Waals surface area (Å²) in [6.45, 7) is 0.710. The quantitative estimate of drug-likeness (QED) is 0.590. The summed E-state index contributed by atoms with van der Waals surface area (Å²) >= 11 is 0. The molecule has 116 valence electrons. The van der Waals surface area contributed by atoms with Crippen LogP contribution < -0.4 is 4.90 Å². The largest absolute Gasteiger partial charge is 0.338 e. The topological polar surface area (TPSA) is 40.6 Å². The Bertz CT molecular complexity index is 634. The summed E-state index contributed by atoms with van der Waals surface area (Å²) in [6.07, 6.45) is 6.31. The average molecular weight is 298 g/mol. The molecule has 1 spiro atoms. The monoisotopic (exact) mass is 298 g/mol. The zero-order valence-electron chi connectivity index (χ0n) is 13.0. The van der Waals surface area contributed by atoms with Crippen LogP contribution in [-0.2, 0) is 16.0 Å². The molecule has 1 unspecified atom stereocenters. The number of hydrogen-bond acceptors (Lipinski definition) is 2. The summed E-state index contributed by atoms with van der Waals surface area (Å²) in [7, 11) is 1.87. The number of carbonyl (C=O) groups excluding carboxylic acids is 2. The Morgan fingerprint density at radius 3 is 2.68 bits per heavy atom. The minimum atomic E-state index is -0.455. The molecule has 0 radical (unpaired) electrons. The molecular formula is C18H22N2O2. The zero-order valence-corrected chi connectivity index (χ0v) is 13.0. The average Bonchev–Trinajstić information content (AvgIpc) is 2.99. The van der Waals surface area contributed by atoms with Crippen molar-refractivity contribution in [3.05, 3.63) is 29.8 Å². The van der Waals surface area contributed by atoms with Gasteiger partial charge >= 0.3 is 0 Å². The van der Waals surface area contributed by atoms with Gasteiger partial charge in [0.15, 0.2) is 0 Å². The molecule has 1 aromatic carbocycles. The van der Waals surface area contributed by atoms with Crippen LogP contribution in [0, 0.1) is 5.92 Å². The van der Waals surface area contributed by atoms with Gasteiger partial charge in [-0.3, -0.25) is 9.59 Å². The second kappa shape index (κ2) is 4.83. The van der Waals surface area contributed by atoms with Crippen LogP contribution in [0.4, 0.5) is 5.69 Å². The van der Waals surface area contributed by atoms with Gasteiger partial charge in [-0.2, -0.15) is 0 Å². The number of fused-ring (bicyclic) bond motifs is 1. The summed E-state index contributed by atoms with van der Waals surface area (Å²) in [6, 6.07) is 8.06. The van der Waals surface area contributed by atoms with E-state index in [1.165, 1.54) is 12.0 Å². The fraction of sp³-hybridized carbons (Fsp3) is 0.556. The highest BCUT2D eigenvalue weighted by molar-refractivity contribution is 6.13. The molecule has 0 N–H and O–H groups in total. The third kappa shape index (κ3) is 1.70. The Kier molecular flexibility index (Phi) is 3.03. The number of anilines is 1. The van der Waals surface area contributed by atoms with E-state index >= 15 is 0 Å². The Morgan fingerprint density at radius 2 is 1.91 bits per heavy atom. The number of para-hydroxylation sites is 1. The number of benzene rings is 1. The van der Waals surface area contributed by atoms with Crippen molar-refractivity contribution in [1.29, 1.82) is 0 Å². The van der Waals surface area contributed by atoms with Crippen LogP contribution in [0.1, 0.15) is 37.7 Å². The predicted molar refractivity (Wildman–Crippen MR) is 84.6 cm³/mol. The van der Waals surface area contributed by atoms with Gasteiger partial charge in [0.05, 0.1) is 5.54 Å². The molecule has 4 rings (SSSR count). The van der Waals surface area contributed by atoms with Crippen LogP contribution in [0.2, 0.25) is 0 Å². The van der Waals surface area contributed by atoms with Crippen LogP contribution in [0.25, 0.3) is 0 Å². The van der Waals surface area contributed by atoms with Crippen molar-refractivity contribution in [1.82, 2.24) is 4.90 Å². The van der Waals surface area contributed by atoms with E-state index in [4.69, 9.17) is 0 Å². The number of likely N-dealkylation sites (tertiary alicyclic amines) is 1. The molecule has 2 heterocycles. The summed E-state index contributed by atoms with van der Waals surface area (Å²) in [5, 5.41) is 0. The predicted octanol–water partition coefficient (Wildman–Crippen LogP) is 2.37. The summed E-state index contributed by atoms with van der Waals surface area (Å²) in [4.78, 5) is 29.2. The number of β-lactam (4-membered cyclic amide) rings is 1. The lowest BCUT2D eigenvalue weighted by molar-refractivity contribution is -0.175. The molecule has 22 heavy (non-hydrogen) atoms. The van der Waals surface area contributed by atoms with Gasteiger partial charge in [-0.25, -0.2) is 0 Å². The molecule has 1 saturated heterocycles. The molecular weight excluding hydrogens is 276 g/mol. The van der Waals surface area contributed by atoms with E-state index in [0.717, 1.165) is 37.8 Å². The number of rotatable bonds is 1. The second-order valence-electron chi connectivity index (χ2n) is 6.86. The maximum Gasteiger partial charge on any atom is 0.242 e. The zero-order chi connectivity index (χ0) is 15.3. The normalized spacial score (nSPS) is 26.0. The van der Waals surface area contributed by atoms with Crippen LogP contribution in [-0.4, -0.2) is 35.8 Å². The molecule has 2 aliphatic heterocycles. The van der Waals surface area contributed by atoms with E-state index in [-0.39, 0.29) is 17.4 Å². The highest BCUT2D eigenvalue weighted by Crippen LogP contribution is 2.48. The van der Waals surface area contributed by atoms with Gasteiger partial charge in [-0.05, 0) is 30.9 Å². The maximum absolute atomic E-state index is 13.1. The second-order valence-corrected chi connectivity index (χ2v) is 6.86. The van der Waals surface area contributed by atoms with Crippen molar-refractivity contribution in [3.63, 3.8) is 0 Å². The van der Waals surface area contributed by atoms with E-state index in [0.29, 0.717) is 6.54 Å². The number of nitrogens with zero attached hydrogens (tertiary/aromatic N) is 2. The molecule has 1 saturated carbocycles. The molecule has 4 heteroatoms. The highest BCUT2D eigenvalue weighted by atomic mass is 16.2. The Morgan fingerprint density at radius 1 is 1.18 bits per heavy atom. The first-order chi connectivity index (χ1) is 10.6. The molecule has 1 aromatic rings. The van der Waals surface area contributed by atoms with Gasteiger partial charge in [-0.1, -0.05) is 37.5 Å². The lowest BCUT2D eigenvalue weighted by atomic mass is 9.64. The molecule has 4 nitrogen and oxygen atoms in total. The third-order valence-corrected chi connectivity index (χ3v) is 5.90. The van der Waals surface area contributed by atoms with Gasteiger partial charge in [0.2, 0.25) is 11.8 Å². The lowest BCUT2D eigenvalue weighted by Crippen LogP contribution is -2.73. The fourth-order valence-electron chi connectivity index (χ4n) is 4.62. The first kappa shape index (κ1) is 13.8. The van der Waals surface area contributed by atoms with Crippen molar-refractivity contribution in [3.8, 4) is 0 Å². The molecule has 1 aliphatic carbocycles. The maximum atomic E-state index is 13.1. The lowest BCUT2D eigenvalue weighted by Gasteiger charge is -2.57. The van der Waals surface area contributed by atoms with Gasteiger partial charge < -0.3 is 9.80 Å². The van der Waals surface area contributed by atoms with Gasteiger partial charge in [-0.15, -0.1) is 0 Å². The Balaban J connectivity index is 1.64. The number of hydrogen-bond donors (Lipinski definition) is 0. The van der Waals surface area contributed by atoms with E-state index in [1.807, 2.05) is 35.0 Å². The summed E-state index contributed by atoms with van der Waals surface area (Å²) in [5.74, 6) is -0.421. The highest BCUT2D eigenvalue weighted by Gasteiger charge is 2.62. The van der Waals surface area contributed by atoms with E-state index in [9.17, 15) is 9.59 Å². The molecule has 0 bridgehead atoms. The van der Waals surface area contributed by atoms with Gasteiger partial charge in [0, 0.05) is 19.3 Å². The minimum absolute atomic E-state index is 0.0104. The molecule has 3 aliphatic rings. The standard InChI is InChI=1S/C18H22N2O2/c1-19-16(21)15(18(19)10-5-2-6-11-18)17(22)20-12-9-13-7-3-4-8-14(13)20/h3-4,7-8,15H,2,5-6,9-12H2,1H3. The van der Waals surface area contributed by atoms with Crippen molar-refractivity contribution in [2.45, 2.75) is 44.1 Å². The van der Waals surface area contributed by atoms with Crippen LogP contribution >= 0.6 is 0 Å². The molecule has 1 atom stereocenters. The molecule has 2 amide bonds. The Hall–Kier alpha value is -1.84. The van der Waals surface area contributed by atoms with Crippen molar-refractivity contribution in [2.24, 2.45) is 5.92 Å². The van der Waals surface area contributed by atoms with Crippen LogP contribution in [0.3, 0.4) is 0 Å². The summed E-state index contributed by atoms with van der Waals surface area (Å²) in [5.41, 5.74) is 2.01. The minimum Gasteiger partial charge on any atom is -0.338 e. The smallest absolute Gasteiger partial charge is 0.242 e. The molecule has 2 fully saturated rings. The van der Waals surface area contributed by atoms with E-state index < -0.39 is 5.92 Å². The first-order valence-corrected chi connectivity index (χ1v) is 8.32. The van der Waals surface area contributed by atoms with E-state index in [2.05, 4.69) is 6.07 Å².